The zero-order valence-electron chi connectivity index (χ0n) is 17.7. The first-order valence-corrected chi connectivity index (χ1v) is 11.4. The maximum absolute atomic E-state index is 11.3. The molecule has 0 N–H and O–H groups in total. The lowest BCUT2D eigenvalue weighted by atomic mass is 9.87. The summed E-state index contributed by atoms with van der Waals surface area (Å²) in [5, 5.41) is 0. The Bertz CT molecular complexity index is 592. The lowest BCUT2D eigenvalue weighted by Gasteiger charge is -2.18. The molecule has 28 heavy (non-hydrogen) atoms. The van der Waals surface area contributed by atoms with E-state index in [-0.39, 0.29) is 0 Å². The highest BCUT2D eigenvalue weighted by molar-refractivity contribution is 5.77. The third kappa shape index (κ3) is 8.87. The van der Waals surface area contributed by atoms with Crippen molar-refractivity contribution >= 4 is 5.78 Å². The van der Waals surface area contributed by atoms with Crippen molar-refractivity contribution in [3.63, 3.8) is 0 Å². The zero-order valence-corrected chi connectivity index (χ0v) is 17.7. The van der Waals surface area contributed by atoms with Crippen molar-refractivity contribution in [1.29, 1.82) is 0 Å². The molecule has 0 radical (unpaired) electrons. The average molecular weight is 379 g/mol. The number of Topliss-reactive ketones (excluding diaryl/α,β-unsaturated/α-hetero) is 1. The maximum atomic E-state index is 11.3. The van der Waals surface area contributed by atoms with E-state index in [4.69, 9.17) is 0 Å². The van der Waals surface area contributed by atoms with Crippen LogP contribution in [0.4, 0.5) is 0 Å². The minimum absolute atomic E-state index is 0.421. The van der Waals surface area contributed by atoms with Crippen LogP contribution in [0.15, 0.2) is 60.7 Å². The molecule has 0 aliphatic carbocycles. The number of rotatable bonds is 15. The van der Waals surface area contributed by atoms with Gasteiger partial charge < -0.3 is 0 Å². The summed E-state index contributed by atoms with van der Waals surface area (Å²) in [5.74, 6) is 0.942. The van der Waals surface area contributed by atoms with E-state index in [1.165, 1.54) is 68.9 Å². The van der Waals surface area contributed by atoms with Gasteiger partial charge in [-0.15, -0.1) is 0 Å². The second-order valence-electron chi connectivity index (χ2n) is 7.99. The molecule has 2 aromatic rings. The summed E-state index contributed by atoms with van der Waals surface area (Å²) in [4.78, 5) is 11.3. The fourth-order valence-corrected chi connectivity index (χ4v) is 3.98. The highest BCUT2D eigenvalue weighted by Crippen LogP contribution is 2.30. The molecule has 0 atom stereocenters. The molecule has 152 valence electrons. The van der Waals surface area contributed by atoms with Gasteiger partial charge in [-0.3, -0.25) is 4.79 Å². The minimum Gasteiger partial charge on any atom is -0.300 e. The van der Waals surface area contributed by atoms with Crippen LogP contribution >= 0.6 is 0 Å². The minimum atomic E-state index is 0.421. The number of hydrogen-bond acceptors (Lipinski definition) is 1. The van der Waals surface area contributed by atoms with Crippen molar-refractivity contribution in [3.05, 3.63) is 71.8 Å². The lowest BCUT2D eigenvalue weighted by molar-refractivity contribution is -0.118. The first-order valence-electron chi connectivity index (χ1n) is 11.4. The maximum Gasteiger partial charge on any atom is 0.132 e. The summed E-state index contributed by atoms with van der Waals surface area (Å²) >= 11 is 0. The molecule has 0 aromatic heterocycles. The summed E-state index contributed by atoms with van der Waals surface area (Å²) in [6.45, 7) is 1.96. The van der Waals surface area contributed by atoms with Gasteiger partial charge in [-0.2, -0.15) is 0 Å². The lowest BCUT2D eigenvalue weighted by Crippen LogP contribution is -2.01. The summed E-state index contributed by atoms with van der Waals surface area (Å²) < 4.78 is 0. The molecule has 0 amide bonds. The van der Waals surface area contributed by atoms with Crippen LogP contribution in [0.1, 0.15) is 101 Å². The largest absolute Gasteiger partial charge is 0.300 e. The Morgan fingerprint density at radius 1 is 0.643 bits per heavy atom. The third-order valence-corrected chi connectivity index (χ3v) is 5.75. The van der Waals surface area contributed by atoms with E-state index in [1.807, 2.05) is 6.92 Å². The number of carbonyl (C=O) groups is 1. The van der Waals surface area contributed by atoms with Crippen LogP contribution in [0.25, 0.3) is 0 Å². The molecule has 0 fully saturated rings. The molecule has 0 saturated carbocycles. The monoisotopic (exact) mass is 378 g/mol. The van der Waals surface area contributed by atoms with Gasteiger partial charge in [0.25, 0.3) is 0 Å². The van der Waals surface area contributed by atoms with Gasteiger partial charge in [-0.1, -0.05) is 119 Å². The Morgan fingerprint density at radius 3 is 1.54 bits per heavy atom. The van der Waals surface area contributed by atoms with Crippen LogP contribution in [0, 0.1) is 0 Å². The van der Waals surface area contributed by atoms with E-state index in [2.05, 4.69) is 60.7 Å². The van der Waals surface area contributed by atoms with Crippen LogP contribution < -0.4 is 0 Å². The fraction of sp³-hybridized carbons (Fsp3) is 0.519. The van der Waals surface area contributed by atoms with Gasteiger partial charge in [-0.05, 0) is 24.0 Å². The SMILES string of the molecule is CCC(=O)CCCCCCCCCCCC(c1ccccc1)c1ccccc1. The second kappa shape index (κ2) is 14.2. The summed E-state index contributed by atoms with van der Waals surface area (Å²) in [5.41, 5.74) is 2.88. The molecule has 2 aromatic carbocycles. The van der Waals surface area contributed by atoms with Gasteiger partial charge in [0.05, 0.1) is 0 Å². The van der Waals surface area contributed by atoms with E-state index >= 15 is 0 Å². The molecule has 0 bridgehead atoms. The van der Waals surface area contributed by atoms with Crippen molar-refractivity contribution in [1.82, 2.24) is 0 Å². The normalized spacial score (nSPS) is 11.1. The molecule has 0 unspecified atom stereocenters. The summed E-state index contributed by atoms with van der Waals surface area (Å²) in [6, 6.07) is 21.9. The van der Waals surface area contributed by atoms with Crippen LogP contribution in [-0.2, 0) is 4.79 Å². The molecule has 2 rings (SSSR count). The smallest absolute Gasteiger partial charge is 0.132 e. The van der Waals surface area contributed by atoms with E-state index < -0.39 is 0 Å². The zero-order chi connectivity index (χ0) is 19.9. The van der Waals surface area contributed by atoms with Crippen molar-refractivity contribution in [3.8, 4) is 0 Å². The Labute approximate surface area is 172 Å². The highest BCUT2D eigenvalue weighted by Gasteiger charge is 2.13. The number of benzene rings is 2. The van der Waals surface area contributed by atoms with E-state index in [0.29, 0.717) is 18.1 Å². The number of unbranched alkanes of at least 4 members (excludes halogenated alkanes) is 8. The average Bonchev–Trinajstić information content (AvgIpc) is 2.75. The van der Waals surface area contributed by atoms with E-state index in [0.717, 1.165) is 12.8 Å². The van der Waals surface area contributed by atoms with Crippen molar-refractivity contribution < 1.29 is 4.79 Å². The molecule has 1 nitrogen and oxygen atoms in total. The molecular weight excluding hydrogens is 340 g/mol. The predicted octanol–water partition coefficient (Wildman–Crippen LogP) is 8.09. The molecule has 0 aliphatic heterocycles. The van der Waals surface area contributed by atoms with E-state index in [1.54, 1.807) is 0 Å². The van der Waals surface area contributed by atoms with Crippen LogP contribution in [-0.4, -0.2) is 5.78 Å². The van der Waals surface area contributed by atoms with Gasteiger partial charge in [0.2, 0.25) is 0 Å². The molecule has 1 heteroatoms. The second-order valence-corrected chi connectivity index (χ2v) is 7.99. The van der Waals surface area contributed by atoms with E-state index in [9.17, 15) is 4.79 Å². The number of hydrogen-bond donors (Lipinski definition) is 0. The van der Waals surface area contributed by atoms with Crippen LogP contribution in [0.3, 0.4) is 0 Å². The Balaban J connectivity index is 1.59. The topological polar surface area (TPSA) is 17.1 Å². The van der Waals surface area contributed by atoms with Crippen molar-refractivity contribution in [2.45, 2.75) is 89.9 Å². The van der Waals surface area contributed by atoms with Crippen molar-refractivity contribution in [2.24, 2.45) is 0 Å². The Morgan fingerprint density at radius 2 is 1.07 bits per heavy atom. The van der Waals surface area contributed by atoms with Gasteiger partial charge >= 0.3 is 0 Å². The van der Waals surface area contributed by atoms with Crippen molar-refractivity contribution in [2.75, 3.05) is 0 Å². The Hall–Kier alpha value is -1.89. The van der Waals surface area contributed by atoms with Gasteiger partial charge in [0.1, 0.15) is 5.78 Å². The summed E-state index contributed by atoms with van der Waals surface area (Å²) in [6.07, 6.45) is 14.4. The quantitative estimate of drug-likeness (QED) is 0.286. The summed E-state index contributed by atoms with van der Waals surface area (Å²) in [7, 11) is 0. The van der Waals surface area contributed by atoms with Gasteiger partial charge in [-0.25, -0.2) is 0 Å². The predicted molar refractivity (Wildman–Crippen MR) is 121 cm³/mol. The first kappa shape index (κ1) is 22.4. The molecule has 0 aliphatic rings. The molecule has 0 spiro atoms. The van der Waals surface area contributed by atoms with Gasteiger partial charge in [0, 0.05) is 18.8 Å². The van der Waals surface area contributed by atoms with Crippen LogP contribution in [0.5, 0.6) is 0 Å². The standard InChI is InChI=1S/C27H38O/c1-2-26(28)22-16-8-6-4-3-5-7-9-17-23-27(24-18-12-10-13-19-24)25-20-14-11-15-21-25/h10-15,18-21,27H,2-9,16-17,22-23H2,1H3. The number of carbonyl (C=O) groups excluding carboxylic acids is 1. The Kier molecular flexibility index (Phi) is 11.3. The molecule has 0 saturated heterocycles. The molecule has 0 heterocycles. The fourth-order valence-electron chi connectivity index (χ4n) is 3.98. The number of ketones is 1. The van der Waals surface area contributed by atoms with Gasteiger partial charge in [0.15, 0.2) is 0 Å². The van der Waals surface area contributed by atoms with Crippen LogP contribution in [0.2, 0.25) is 0 Å². The third-order valence-electron chi connectivity index (χ3n) is 5.75. The highest BCUT2D eigenvalue weighted by atomic mass is 16.1. The molecular formula is C27H38O. The first-order chi connectivity index (χ1) is 13.8.